The van der Waals surface area contributed by atoms with E-state index in [2.05, 4.69) is 0 Å². The molecule has 3 nitrogen and oxygen atoms in total. The summed E-state index contributed by atoms with van der Waals surface area (Å²) in [7, 11) is 0. The smallest absolute Gasteiger partial charge is 0.373 e. The normalized spacial score (nSPS) is 26.9. The van der Waals surface area contributed by atoms with E-state index in [1.54, 1.807) is 6.92 Å². The second-order valence-electron chi connectivity index (χ2n) is 3.80. The van der Waals surface area contributed by atoms with Crippen LogP contribution in [0.2, 0.25) is 0 Å². The van der Waals surface area contributed by atoms with E-state index in [0.29, 0.717) is 0 Å². The third kappa shape index (κ3) is 3.83. The van der Waals surface area contributed by atoms with Gasteiger partial charge in [-0.15, -0.1) is 11.6 Å². The van der Waals surface area contributed by atoms with E-state index in [0.717, 1.165) is 0 Å². The van der Waals surface area contributed by atoms with Gasteiger partial charge in [-0.05, 0) is 6.92 Å². The lowest BCUT2D eigenvalue weighted by Crippen LogP contribution is -2.52. The van der Waals surface area contributed by atoms with Crippen molar-refractivity contribution < 1.29 is 22.7 Å². The lowest BCUT2D eigenvalue weighted by atomic mass is 10.2. The SMILES string of the molecule is CC1COC(CCl)CN1C(=O)CC(F)(F)F. The van der Waals surface area contributed by atoms with Crippen molar-refractivity contribution in [2.75, 3.05) is 19.0 Å². The highest BCUT2D eigenvalue weighted by atomic mass is 35.5. The molecular weight excluding hydrogens is 247 g/mol. The Kier molecular flexibility index (Phi) is 4.43. The van der Waals surface area contributed by atoms with E-state index in [1.165, 1.54) is 4.90 Å². The van der Waals surface area contributed by atoms with E-state index in [1.807, 2.05) is 0 Å². The number of hydrogen-bond acceptors (Lipinski definition) is 2. The van der Waals surface area contributed by atoms with Crippen LogP contribution in [0.5, 0.6) is 0 Å². The first kappa shape index (κ1) is 13.6. The molecule has 0 N–H and O–H groups in total. The van der Waals surface area contributed by atoms with Gasteiger partial charge in [-0.2, -0.15) is 13.2 Å². The second-order valence-corrected chi connectivity index (χ2v) is 4.11. The van der Waals surface area contributed by atoms with Gasteiger partial charge in [-0.3, -0.25) is 4.79 Å². The lowest BCUT2D eigenvalue weighted by Gasteiger charge is -2.37. The molecule has 1 aliphatic heterocycles. The summed E-state index contributed by atoms with van der Waals surface area (Å²) in [6.45, 7) is 2.00. The molecule has 0 saturated carbocycles. The Morgan fingerprint density at radius 2 is 2.19 bits per heavy atom. The van der Waals surface area contributed by atoms with E-state index >= 15 is 0 Å². The van der Waals surface area contributed by atoms with Gasteiger partial charge in [0.25, 0.3) is 0 Å². The predicted molar refractivity (Wildman–Crippen MR) is 52.3 cm³/mol. The van der Waals surface area contributed by atoms with Crippen LogP contribution in [0.3, 0.4) is 0 Å². The summed E-state index contributed by atoms with van der Waals surface area (Å²) in [6.07, 6.45) is -6.27. The van der Waals surface area contributed by atoms with Crippen LogP contribution in [0, 0.1) is 0 Å². The van der Waals surface area contributed by atoms with Gasteiger partial charge in [0, 0.05) is 6.54 Å². The molecule has 0 spiro atoms. The maximum atomic E-state index is 12.1. The summed E-state index contributed by atoms with van der Waals surface area (Å²) in [6, 6.07) is -0.339. The molecule has 0 aromatic heterocycles. The van der Waals surface area contributed by atoms with Crippen LogP contribution in [0.1, 0.15) is 13.3 Å². The largest absolute Gasteiger partial charge is 0.397 e. The first-order chi connectivity index (χ1) is 7.33. The average molecular weight is 260 g/mol. The number of morpholine rings is 1. The number of ether oxygens (including phenoxy) is 1. The fraction of sp³-hybridized carbons (Fsp3) is 0.889. The molecule has 7 heteroatoms. The van der Waals surface area contributed by atoms with Crippen molar-refractivity contribution in [3.8, 4) is 0 Å². The molecule has 0 bridgehead atoms. The Morgan fingerprint density at radius 3 is 2.69 bits per heavy atom. The van der Waals surface area contributed by atoms with Gasteiger partial charge >= 0.3 is 6.18 Å². The molecule has 16 heavy (non-hydrogen) atoms. The maximum absolute atomic E-state index is 12.1. The molecule has 1 heterocycles. The standard InChI is InChI=1S/C9H13ClF3NO2/c1-6-5-16-7(3-10)4-14(6)8(15)2-9(11,12)13/h6-7H,2-5H2,1H3. The molecule has 1 saturated heterocycles. The zero-order chi connectivity index (χ0) is 12.3. The number of nitrogens with zero attached hydrogens (tertiary/aromatic N) is 1. The number of halogens is 4. The molecular formula is C9H13ClF3NO2. The summed E-state index contributed by atoms with van der Waals surface area (Å²) in [5.41, 5.74) is 0. The van der Waals surface area contributed by atoms with Crippen LogP contribution in [-0.2, 0) is 9.53 Å². The van der Waals surface area contributed by atoms with Crippen LogP contribution in [0.25, 0.3) is 0 Å². The van der Waals surface area contributed by atoms with Crippen LogP contribution < -0.4 is 0 Å². The molecule has 2 atom stereocenters. The fourth-order valence-corrected chi connectivity index (χ4v) is 1.72. The number of carbonyl (C=O) groups is 1. The van der Waals surface area contributed by atoms with Gasteiger partial charge in [-0.1, -0.05) is 0 Å². The van der Waals surface area contributed by atoms with Gasteiger partial charge in [0.05, 0.1) is 24.6 Å². The van der Waals surface area contributed by atoms with E-state index in [9.17, 15) is 18.0 Å². The van der Waals surface area contributed by atoms with Crippen LogP contribution in [0.15, 0.2) is 0 Å². The van der Waals surface area contributed by atoms with Gasteiger partial charge in [0.15, 0.2) is 0 Å². The monoisotopic (exact) mass is 259 g/mol. The first-order valence-corrected chi connectivity index (χ1v) is 5.40. The zero-order valence-electron chi connectivity index (χ0n) is 8.76. The van der Waals surface area contributed by atoms with E-state index < -0.39 is 18.5 Å². The summed E-state index contributed by atoms with van der Waals surface area (Å²) < 4.78 is 41.4. The molecule has 0 aromatic rings. The highest BCUT2D eigenvalue weighted by Crippen LogP contribution is 2.23. The Labute approximate surface area is 96.5 Å². The van der Waals surface area contributed by atoms with Crippen molar-refractivity contribution in [1.29, 1.82) is 0 Å². The van der Waals surface area contributed by atoms with Gasteiger partial charge in [0.2, 0.25) is 5.91 Å². The quantitative estimate of drug-likeness (QED) is 0.708. The Morgan fingerprint density at radius 1 is 1.56 bits per heavy atom. The van der Waals surface area contributed by atoms with Crippen molar-refractivity contribution in [3.63, 3.8) is 0 Å². The van der Waals surface area contributed by atoms with Crippen molar-refractivity contribution in [3.05, 3.63) is 0 Å². The number of amides is 1. The topological polar surface area (TPSA) is 29.5 Å². The van der Waals surface area contributed by atoms with Crippen LogP contribution in [0.4, 0.5) is 13.2 Å². The summed E-state index contributed by atoms with van der Waals surface area (Å²) in [5, 5.41) is 0. The molecule has 1 rings (SSSR count). The average Bonchev–Trinajstić information content (AvgIpc) is 2.15. The first-order valence-electron chi connectivity index (χ1n) is 4.87. The van der Waals surface area contributed by atoms with Gasteiger partial charge in [-0.25, -0.2) is 0 Å². The molecule has 0 aliphatic carbocycles. The predicted octanol–water partition coefficient (Wildman–Crippen LogP) is 1.79. The van der Waals surface area contributed by atoms with Crippen molar-refractivity contribution in [1.82, 2.24) is 4.90 Å². The maximum Gasteiger partial charge on any atom is 0.397 e. The minimum atomic E-state index is -4.47. The number of rotatable bonds is 2. The Hall–Kier alpha value is -0.490. The highest BCUT2D eigenvalue weighted by Gasteiger charge is 2.37. The summed E-state index contributed by atoms with van der Waals surface area (Å²) >= 11 is 5.55. The lowest BCUT2D eigenvalue weighted by molar-refractivity contribution is -0.169. The molecule has 1 fully saturated rings. The Bertz CT molecular complexity index is 260. The molecule has 0 aromatic carbocycles. The molecule has 1 amide bonds. The third-order valence-electron chi connectivity index (χ3n) is 2.35. The minimum absolute atomic E-state index is 0.125. The highest BCUT2D eigenvalue weighted by molar-refractivity contribution is 6.18. The second kappa shape index (κ2) is 5.23. The molecule has 0 radical (unpaired) electrons. The van der Waals surface area contributed by atoms with E-state index in [-0.39, 0.29) is 31.2 Å². The van der Waals surface area contributed by atoms with E-state index in [4.69, 9.17) is 16.3 Å². The number of carbonyl (C=O) groups excluding carboxylic acids is 1. The molecule has 94 valence electrons. The molecule has 1 aliphatic rings. The van der Waals surface area contributed by atoms with Gasteiger partial charge in [0.1, 0.15) is 6.42 Å². The summed E-state index contributed by atoms with van der Waals surface area (Å²) in [5.74, 6) is -0.749. The van der Waals surface area contributed by atoms with Crippen LogP contribution >= 0.6 is 11.6 Å². The van der Waals surface area contributed by atoms with Crippen molar-refractivity contribution in [2.45, 2.75) is 31.7 Å². The van der Waals surface area contributed by atoms with Crippen LogP contribution in [-0.4, -0.2) is 48.2 Å². The van der Waals surface area contributed by atoms with Crippen molar-refractivity contribution in [2.24, 2.45) is 0 Å². The summed E-state index contributed by atoms with van der Waals surface area (Å²) in [4.78, 5) is 12.6. The van der Waals surface area contributed by atoms with Gasteiger partial charge < -0.3 is 9.64 Å². The fourth-order valence-electron chi connectivity index (χ4n) is 1.53. The number of alkyl halides is 4. The third-order valence-corrected chi connectivity index (χ3v) is 2.69. The van der Waals surface area contributed by atoms with Crippen molar-refractivity contribution >= 4 is 17.5 Å². The zero-order valence-corrected chi connectivity index (χ0v) is 9.51. The molecule has 2 unspecified atom stereocenters. The Balaban J connectivity index is 2.59. The number of hydrogen-bond donors (Lipinski definition) is 0. The minimum Gasteiger partial charge on any atom is -0.373 e.